The average molecular weight is 169 g/mol. The minimum atomic E-state index is -0.323. The van der Waals surface area contributed by atoms with Crippen molar-refractivity contribution >= 4 is 12.3 Å². The summed E-state index contributed by atoms with van der Waals surface area (Å²) in [5, 5.41) is 2.80. The van der Waals surface area contributed by atoms with Gasteiger partial charge >= 0.3 is 5.97 Å². The van der Waals surface area contributed by atoms with Gasteiger partial charge in [0.05, 0.1) is 0 Å². The lowest BCUT2D eigenvalue weighted by Crippen LogP contribution is -2.31. The number of rotatable bonds is 2. The topological polar surface area (TPSA) is 55.4 Å². The van der Waals surface area contributed by atoms with Crippen LogP contribution in [-0.2, 0) is 14.3 Å². The Labute approximate surface area is 70.6 Å². The van der Waals surface area contributed by atoms with Crippen LogP contribution in [0.15, 0.2) is 12.0 Å². The molecular formula is C8H11NO3. The summed E-state index contributed by atoms with van der Waals surface area (Å²) >= 11 is 0. The fourth-order valence-corrected chi connectivity index (χ4v) is 0.996. The molecule has 1 fully saturated rings. The predicted molar refractivity (Wildman–Crippen MR) is 42.0 cm³/mol. The van der Waals surface area contributed by atoms with Crippen LogP contribution in [0.1, 0.15) is 13.8 Å². The highest BCUT2D eigenvalue weighted by Gasteiger charge is 2.31. The zero-order chi connectivity index (χ0) is 9.14. The molecule has 0 radical (unpaired) electrons. The van der Waals surface area contributed by atoms with E-state index in [0.717, 1.165) is 0 Å². The summed E-state index contributed by atoms with van der Waals surface area (Å²) in [5.41, 5.74) is 0. The Hall–Kier alpha value is -1.32. The van der Waals surface area contributed by atoms with Crippen molar-refractivity contribution in [3.05, 3.63) is 12.0 Å². The standard InChI is InChI=1S/C8H11NO3/c1-5(2)7-8(11)12-6(9-7)3-4-10/h3-5,7,9H,1-2H3/b6-3+/t7-/m0/s1. The first-order valence-corrected chi connectivity index (χ1v) is 3.79. The maximum Gasteiger partial charge on any atom is 0.335 e. The van der Waals surface area contributed by atoms with Gasteiger partial charge < -0.3 is 10.1 Å². The van der Waals surface area contributed by atoms with E-state index in [9.17, 15) is 9.59 Å². The number of hydrogen-bond donors (Lipinski definition) is 1. The number of allylic oxidation sites excluding steroid dienone is 1. The van der Waals surface area contributed by atoms with Gasteiger partial charge in [0, 0.05) is 6.08 Å². The van der Waals surface area contributed by atoms with Crippen LogP contribution in [0.5, 0.6) is 0 Å². The van der Waals surface area contributed by atoms with Crippen molar-refractivity contribution in [1.29, 1.82) is 0 Å². The molecule has 0 saturated carbocycles. The van der Waals surface area contributed by atoms with Crippen LogP contribution in [0.4, 0.5) is 0 Å². The third-order valence-electron chi connectivity index (χ3n) is 1.65. The lowest BCUT2D eigenvalue weighted by atomic mass is 10.1. The summed E-state index contributed by atoms with van der Waals surface area (Å²) in [6, 6.07) is -0.323. The Morgan fingerprint density at radius 1 is 1.58 bits per heavy atom. The molecule has 0 amide bonds. The van der Waals surface area contributed by atoms with Crippen molar-refractivity contribution in [1.82, 2.24) is 5.32 Å². The van der Waals surface area contributed by atoms with Gasteiger partial charge in [0.1, 0.15) is 12.3 Å². The SMILES string of the molecule is CC(C)[C@@H]1N/C(=C\C=O)OC1=O. The van der Waals surface area contributed by atoms with Crippen molar-refractivity contribution in [2.45, 2.75) is 19.9 Å². The fourth-order valence-electron chi connectivity index (χ4n) is 0.996. The number of esters is 1. The van der Waals surface area contributed by atoms with Gasteiger partial charge in [0.25, 0.3) is 0 Å². The molecule has 0 spiro atoms. The van der Waals surface area contributed by atoms with Gasteiger partial charge in [-0.15, -0.1) is 0 Å². The minimum Gasteiger partial charge on any atom is -0.408 e. The summed E-state index contributed by atoms with van der Waals surface area (Å²) < 4.78 is 4.76. The van der Waals surface area contributed by atoms with E-state index in [1.807, 2.05) is 13.8 Å². The van der Waals surface area contributed by atoms with E-state index in [0.29, 0.717) is 6.29 Å². The number of carbonyl (C=O) groups is 2. The third kappa shape index (κ3) is 1.64. The highest BCUT2D eigenvalue weighted by Crippen LogP contribution is 2.14. The monoisotopic (exact) mass is 169 g/mol. The third-order valence-corrected chi connectivity index (χ3v) is 1.65. The van der Waals surface area contributed by atoms with Gasteiger partial charge in [0.2, 0.25) is 5.88 Å². The molecule has 4 nitrogen and oxygen atoms in total. The van der Waals surface area contributed by atoms with Crippen LogP contribution in [-0.4, -0.2) is 18.3 Å². The average Bonchev–Trinajstić information content (AvgIpc) is 2.32. The Morgan fingerprint density at radius 2 is 2.25 bits per heavy atom. The summed E-state index contributed by atoms with van der Waals surface area (Å²) in [6.07, 6.45) is 1.78. The Bertz CT molecular complexity index is 232. The van der Waals surface area contributed by atoms with Crippen LogP contribution in [0, 0.1) is 5.92 Å². The highest BCUT2D eigenvalue weighted by molar-refractivity contribution is 5.81. The second-order valence-electron chi connectivity index (χ2n) is 2.95. The first kappa shape index (κ1) is 8.77. The van der Waals surface area contributed by atoms with Crippen molar-refractivity contribution in [2.24, 2.45) is 5.92 Å². The molecule has 4 heteroatoms. The number of aldehydes is 1. The van der Waals surface area contributed by atoms with Crippen LogP contribution < -0.4 is 5.32 Å². The fraction of sp³-hybridized carbons (Fsp3) is 0.500. The molecule has 1 N–H and O–H groups in total. The summed E-state index contributed by atoms with van der Waals surface area (Å²) in [5.74, 6) is 0.0850. The Kier molecular flexibility index (Phi) is 2.47. The first-order valence-electron chi connectivity index (χ1n) is 3.79. The quantitative estimate of drug-likeness (QED) is 0.364. The molecule has 66 valence electrons. The molecule has 0 aliphatic carbocycles. The lowest BCUT2D eigenvalue weighted by Gasteiger charge is -2.08. The van der Waals surface area contributed by atoms with E-state index in [1.54, 1.807) is 0 Å². The van der Waals surface area contributed by atoms with Gasteiger partial charge in [-0.05, 0) is 5.92 Å². The number of nitrogens with one attached hydrogen (secondary N) is 1. The summed E-state index contributed by atoms with van der Waals surface area (Å²) in [4.78, 5) is 21.1. The maximum atomic E-state index is 11.1. The van der Waals surface area contributed by atoms with Gasteiger partial charge in [-0.3, -0.25) is 4.79 Å². The van der Waals surface area contributed by atoms with Crippen molar-refractivity contribution in [2.75, 3.05) is 0 Å². The molecule has 1 heterocycles. The highest BCUT2D eigenvalue weighted by atomic mass is 16.6. The Morgan fingerprint density at radius 3 is 2.67 bits per heavy atom. The molecule has 1 aliphatic heterocycles. The van der Waals surface area contributed by atoms with Crippen LogP contribution in [0.3, 0.4) is 0 Å². The minimum absolute atomic E-state index is 0.162. The van der Waals surface area contributed by atoms with Crippen LogP contribution in [0.2, 0.25) is 0 Å². The van der Waals surface area contributed by atoms with Gasteiger partial charge in [-0.1, -0.05) is 13.8 Å². The predicted octanol–water partition coefficient (Wildman–Crippen LogP) is 0.198. The summed E-state index contributed by atoms with van der Waals surface area (Å²) in [6.45, 7) is 3.81. The van der Waals surface area contributed by atoms with Crippen molar-refractivity contribution in [3.63, 3.8) is 0 Å². The molecule has 1 aliphatic rings. The zero-order valence-electron chi connectivity index (χ0n) is 7.03. The van der Waals surface area contributed by atoms with E-state index in [1.165, 1.54) is 6.08 Å². The second-order valence-corrected chi connectivity index (χ2v) is 2.95. The maximum absolute atomic E-state index is 11.1. The van der Waals surface area contributed by atoms with Crippen molar-refractivity contribution < 1.29 is 14.3 Å². The zero-order valence-corrected chi connectivity index (χ0v) is 7.03. The van der Waals surface area contributed by atoms with Crippen LogP contribution in [0.25, 0.3) is 0 Å². The number of cyclic esters (lactones) is 1. The molecule has 1 rings (SSSR count). The molecule has 0 bridgehead atoms. The smallest absolute Gasteiger partial charge is 0.335 e. The number of hydrogen-bond acceptors (Lipinski definition) is 4. The Balaban J connectivity index is 2.68. The first-order chi connectivity index (χ1) is 5.65. The molecule has 1 saturated heterocycles. The van der Waals surface area contributed by atoms with Crippen LogP contribution >= 0.6 is 0 Å². The van der Waals surface area contributed by atoms with Gasteiger partial charge in [-0.2, -0.15) is 0 Å². The van der Waals surface area contributed by atoms with E-state index in [4.69, 9.17) is 4.74 Å². The lowest BCUT2D eigenvalue weighted by molar-refractivity contribution is -0.137. The second kappa shape index (κ2) is 3.38. The number of ether oxygens (including phenoxy) is 1. The normalized spacial score (nSPS) is 25.8. The largest absolute Gasteiger partial charge is 0.408 e. The van der Waals surface area contributed by atoms with Gasteiger partial charge in [0.15, 0.2) is 0 Å². The van der Waals surface area contributed by atoms with E-state index in [-0.39, 0.29) is 23.8 Å². The molecule has 12 heavy (non-hydrogen) atoms. The van der Waals surface area contributed by atoms with E-state index >= 15 is 0 Å². The number of carbonyl (C=O) groups excluding carboxylic acids is 2. The van der Waals surface area contributed by atoms with E-state index in [2.05, 4.69) is 5.32 Å². The molecule has 0 aromatic rings. The molecule has 0 aromatic carbocycles. The molecular weight excluding hydrogens is 158 g/mol. The molecule has 0 aromatic heterocycles. The van der Waals surface area contributed by atoms with E-state index < -0.39 is 0 Å². The van der Waals surface area contributed by atoms with Gasteiger partial charge in [-0.25, -0.2) is 4.79 Å². The van der Waals surface area contributed by atoms with Crippen molar-refractivity contribution in [3.8, 4) is 0 Å². The molecule has 0 unspecified atom stereocenters. The molecule has 1 atom stereocenters. The summed E-state index contributed by atoms with van der Waals surface area (Å²) in [7, 11) is 0.